The van der Waals surface area contributed by atoms with Gasteiger partial charge in [0, 0.05) is 11.3 Å². The molecule has 0 saturated carbocycles. The predicted octanol–water partition coefficient (Wildman–Crippen LogP) is 2.82. The lowest BCUT2D eigenvalue weighted by molar-refractivity contribution is 0.377. The lowest BCUT2D eigenvalue weighted by atomic mass is 9.88. The van der Waals surface area contributed by atoms with E-state index in [1.54, 1.807) is 26.0 Å². The highest BCUT2D eigenvalue weighted by molar-refractivity contribution is 7.89. The molecule has 0 bridgehead atoms. The van der Waals surface area contributed by atoms with E-state index in [1.165, 1.54) is 24.4 Å². The molecule has 3 N–H and O–H groups in total. The van der Waals surface area contributed by atoms with Gasteiger partial charge in [-0.2, -0.15) is 9.82 Å². The van der Waals surface area contributed by atoms with Crippen molar-refractivity contribution in [3.63, 3.8) is 0 Å². The molecule has 4 rings (SSSR count). The van der Waals surface area contributed by atoms with Crippen molar-refractivity contribution in [3.8, 4) is 0 Å². The van der Waals surface area contributed by atoms with E-state index in [2.05, 4.69) is 25.1 Å². The largest absolute Gasteiger partial charge is 0.434 e. The fourth-order valence-corrected chi connectivity index (χ4v) is 4.90. The average Bonchev–Trinajstić information content (AvgIpc) is 3.37. The topological polar surface area (TPSA) is 134 Å². The Morgan fingerprint density at radius 1 is 1.16 bits per heavy atom. The van der Waals surface area contributed by atoms with Crippen LogP contribution in [0.3, 0.4) is 0 Å². The Hall–Kier alpha value is -3.31. The summed E-state index contributed by atoms with van der Waals surface area (Å²) in [5.41, 5.74) is 2.51. The molecule has 0 aliphatic rings. The van der Waals surface area contributed by atoms with Gasteiger partial charge in [0.05, 0.1) is 16.6 Å². The van der Waals surface area contributed by atoms with Gasteiger partial charge in [-0.15, -0.1) is 5.10 Å². The highest BCUT2D eigenvalue weighted by Gasteiger charge is 2.33. The van der Waals surface area contributed by atoms with Crippen LogP contribution in [0.4, 0.5) is 4.39 Å². The quantitative estimate of drug-likeness (QED) is 0.418. The van der Waals surface area contributed by atoms with Gasteiger partial charge in [-0.05, 0) is 54.8 Å². The summed E-state index contributed by atoms with van der Waals surface area (Å²) in [6.45, 7) is 5.23. The van der Waals surface area contributed by atoms with E-state index in [0.29, 0.717) is 22.0 Å². The summed E-state index contributed by atoms with van der Waals surface area (Å²) >= 11 is 0. The maximum Gasteiger partial charge on any atom is 0.434 e. The van der Waals surface area contributed by atoms with E-state index in [4.69, 9.17) is 4.42 Å². The van der Waals surface area contributed by atoms with Crippen LogP contribution in [-0.4, -0.2) is 28.8 Å². The number of nitrogens with one attached hydrogen (secondary N) is 3. The highest BCUT2D eigenvalue weighted by atomic mass is 32.2. The van der Waals surface area contributed by atoms with Crippen LogP contribution in [0, 0.1) is 19.7 Å². The molecule has 2 aromatic heterocycles. The Balaban J connectivity index is 1.79. The lowest BCUT2D eigenvalue weighted by Gasteiger charge is -2.25. The molecule has 162 valence electrons. The van der Waals surface area contributed by atoms with E-state index >= 15 is 0 Å². The zero-order chi connectivity index (χ0) is 22.3. The van der Waals surface area contributed by atoms with Crippen molar-refractivity contribution in [1.29, 1.82) is 0 Å². The fourth-order valence-electron chi connectivity index (χ4n) is 3.59. The molecule has 0 fully saturated rings. The molecule has 11 heteroatoms. The van der Waals surface area contributed by atoms with Crippen LogP contribution in [0.1, 0.15) is 41.5 Å². The number of aromatic nitrogens is 4. The number of fused-ring (bicyclic) bond motifs is 1. The number of hydrogen-bond acceptors (Lipinski definition) is 6. The van der Waals surface area contributed by atoms with Crippen LogP contribution in [-0.2, 0) is 10.0 Å². The van der Waals surface area contributed by atoms with Gasteiger partial charge < -0.3 is 4.42 Å². The number of aryl methyl sites for hydroxylation is 1. The van der Waals surface area contributed by atoms with E-state index in [1.807, 2.05) is 6.92 Å². The Morgan fingerprint density at radius 2 is 1.94 bits per heavy atom. The van der Waals surface area contributed by atoms with Crippen molar-refractivity contribution in [2.75, 3.05) is 0 Å². The van der Waals surface area contributed by atoms with Gasteiger partial charge in [0.1, 0.15) is 11.9 Å². The second-order valence-corrected chi connectivity index (χ2v) is 9.07. The molecule has 0 spiro atoms. The van der Waals surface area contributed by atoms with Crippen molar-refractivity contribution in [1.82, 2.24) is 25.1 Å². The average molecular weight is 445 g/mol. The van der Waals surface area contributed by atoms with Gasteiger partial charge in [0.2, 0.25) is 15.9 Å². The summed E-state index contributed by atoms with van der Waals surface area (Å²) in [4.78, 5) is 11.5. The van der Waals surface area contributed by atoms with Crippen molar-refractivity contribution < 1.29 is 17.2 Å². The van der Waals surface area contributed by atoms with Crippen LogP contribution < -0.4 is 10.5 Å². The van der Waals surface area contributed by atoms with Crippen LogP contribution in [0.2, 0.25) is 0 Å². The van der Waals surface area contributed by atoms with Crippen LogP contribution in [0.15, 0.2) is 50.6 Å². The zero-order valence-electron chi connectivity index (χ0n) is 16.9. The molecule has 0 amide bonds. The first-order valence-corrected chi connectivity index (χ1v) is 10.9. The Labute approximate surface area is 176 Å². The third-order valence-corrected chi connectivity index (χ3v) is 6.85. The summed E-state index contributed by atoms with van der Waals surface area (Å²) in [6, 6.07) is 6.31. The number of rotatable bonds is 6. The van der Waals surface area contributed by atoms with Crippen LogP contribution >= 0.6 is 0 Å². The van der Waals surface area contributed by atoms with Crippen molar-refractivity contribution in [2.24, 2.45) is 0 Å². The summed E-state index contributed by atoms with van der Waals surface area (Å²) in [5, 5.41) is 13.2. The maximum absolute atomic E-state index is 14.7. The minimum atomic E-state index is -4.09. The van der Waals surface area contributed by atoms with Crippen LogP contribution in [0.5, 0.6) is 0 Å². The number of aromatic amines is 2. The first-order chi connectivity index (χ1) is 14.7. The first-order valence-electron chi connectivity index (χ1n) is 9.44. The van der Waals surface area contributed by atoms with Gasteiger partial charge in [0.15, 0.2) is 0 Å². The summed E-state index contributed by atoms with van der Waals surface area (Å²) in [5.74, 6) is -2.25. The standard InChI is InChI=1S/C20H20FN5O4S/c1-10-4-6-15(21)17(11(10)2)12(3)18(19-24-25-20(27)30-19)26-31(28,29)14-5-7-16-13(8-14)9-22-23-16/h4-9,12,18,26H,1-3H3,(H,22,23)(H,25,27). The van der Waals surface area contributed by atoms with Gasteiger partial charge in [-0.25, -0.2) is 22.7 Å². The summed E-state index contributed by atoms with van der Waals surface area (Å²) in [6.07, 6.45) is 1.51. The smallest absolute Gasteiger partial charge is 0.391 e. The predicted molar refractivity (Wildman–Crippen MR) is 111 cm³/mol. The third kappa shape index (κ3) is 3.89. The molecule has 0 aliphatic heterocycles. The molecule has 0 radical (unpaired) electrons. The molecular weight excluding hydrogens is 425 g/mol. The van der Waals surface area contributed by atoms with Gasteiger partial charge >= 0.3 is 5.76 Å². The molecular formula is C20H20FN5O4S. The van der Waals surface area contributed by atoms with Crippen LogP contribution in [0.25, 0.3) is 10.9 Å². The summed E-state index contributed by atoms with van der Waals surface area (Å²) < 4.78 is 48.7. The number of halogens is 1. The van der Waals surface area contributed by atoms with Gasteiger partial charge in [-0.1, -0.05) is 13.0 Å². The number of nitrogens with zero attached hydrogens (tertiary/aromatic N) is 2. The molecule has 2 aromatic carbocycles. The Bertz CT molecular complexity index is 1420. The molecule has 2 atom stereocenters. The normalized spacial score (nSPS) is 14.1. The molecule has 2 unspecified atom stereocenters. The number of H-pyrrole nitrogens is 2. The number of benzene rings is 2. The monoisotopic (exact) mass is 445 g/mol. The Kier molecular flexibility index (Phi) is 5.23. The SMILES string of the molecule is Cc1ccc(F)c(C(C)C(NS(=O)(=O)c2ccc3[nH]ncc3c2)c2n[nH]c(=O)o2)c1C. The molecule has 31 heavy (non-hydrogen) atoms. The van der Waals surface area contributed by atoms with Crippen molar-refractivity contribution in [2.45, 2.75) is 37.6 Å². The van der Waals surface area contributed by atoms with E-state index < -0.39 is 33.6 Å². The minimum Gasteiger partial charge on any atom is -0.391 e. The molecule has 4 aromatic rings. The minimum absolute atomic E-state index is 0.0158. The molecule has 0 saturated heterocycles. The first kappa shape index (κ1) is 20.9. The second-order valence-electron chi connectivity index (χ2n) is 7.36. The van der Waals surface area contributed by atoms with Crippen molar-refractivity contribution >= 4 is 20.9 Å². The second kappa shape index (κ2) is 7.75. The number of hydrogen-bond donors (Lipinski definition) is 3. The Morgan fingerprint density at radius 3 is 2.65 bits per heavy atom. The van der Waals surface area contributed by atoms with Crippen molar-refractivity contribution in [3.05, 3.63) is 75.5 Å². The zero-order valence-corrected chi connectivity index (χ0v) is 17.7. The molecule has 2 heterocycles. The molecule has 0 aliphatic carbocycles. The van der Waals surface area contributed by atoms with E-state index in [-0.39, 0.29) is 10.8 Å². The summed E-state index contributed by atoms with van der Waals surface area (Å²) in [7, 11) is -4.09. The van der Waals surface area contributed by atoms with E-state index in [0.717, 1.165) is 5.56 Å². The highest BCUT2D eigenvalue weighted by Crippen LogP contribution is 2.35. The third-order valence-electron chi connectivity index (χ3n) is 5.41. The molecule has 9 nitrogen and oxygen atoms in total. The maximum atomic E-state index is 14.7. The lowest BCUT2D eigenvalue weighted by Crippen LogP contribution is -2.33. The van der Waals surface area contributed by atoms with Gasteiger partial charge in [-0.3, -0.25) is 5.10 Å². The van der Waals surface area contributed by atoms with Gasteiger partial charge in [0.25, 0.3) is 0 Å². The van der Waals surface area contributed by atoms with E-state index in [9.17, 15) is 17.6 Å². The fraction of sp³-hybridized carbons (Fsp3) is 0.250. The number of sulfonamides is 1.